The first-order valence-electron chi connectivity index (χ1n) is 9.74. The molecule has 0 aliphatic carbocycles. The molecule has 0 bridgehead atoms. The first-order valence-corrected chi connectivity index (χ1v) is 9.74. The predicted molar refractivity (Wildman–Crippen MR) is 113 cm³/mol. The predicted octanol–water partition coefficient (Wildman–Crippen LogP) is 2.37. The van der Waals surface area contributed by atoms with Crippen molar-refractivity contribution in [3.05, 3.63) is 76.8 Å². The van der Waals surface area contributed by atoms with Crippen molar-refractivity contribution in [2.45, 2.75) is 25.3 Å². The number of nitrogens with zero attached hydrogens (tertiary/aromatic N) is 1. The lowest BCUT2D eigenvalue weighted by molar-refractivity contribution is -0.121. The van der Waals surface area contributed by atoms with Crippen molar-refractivity contribution in [3.63, 3.8) is 0 Å². The van der Waals surface area contributed by atoms with Crippen LogP contribution in [0.25, 0.3) is 6.08 Å². The first kappa shape index (κ1) is 20.8. The molecule has 1 aliphatic heterocycles. The maximum absolute atomic E-state index is 12.9. The van der Waals surface area contributed by atoms with Gasteiger partial charge in [-0.05, 0) is 53.6 Å². The maximum Gasteiger partial charge on any atom is 0.554 e. The number of hydrogen-bond donors (Lipinski definition) is 2. The van der Waals surface area contributed by atoms with E-state index < -0.39 is 7.12 Å². The molecule has 0 saturated carbocycles. The smallest absolute Gasteiger partial charge is 0.509 e. The zero-order chi connectivity index (χ0) is 20.6. The molecule has 29 heavy (non-hydrogen) atoms. The third-order valence-corrected chi connectivity index (χ3v) is 5.22. The van der Waals surface area contributed by atoms with Crippen LogP contribution < -0.4 is 5.73 Å². The summed E-state index contributed by atoms with van der Waals surface area (Å²) >= 11 is 0. The number of amides is 1. The van der Waals surface area contributed by atoms with Gasteiger partial charge in [0.15, 0.2) is 0 Å². The van der Waals surface area contributed by atoms with Crippen LogP contribution in [0.2, 0.25) is 0 Å². The normalized spacial score (nSPS) is 14.8. The van der Waals surface area contributed by atoms with Gasteiger partial charge in [-0.3, -0.25) is 9.59 Å². The Morgan fingerprint density at radius 2 is 1.97 bits per heavy atom. The van der Waals surface area contributed by atoms with E-state index in [9.17, 15) is 14.6 Å². The van der Waals surface area contributed by atoms with Gasteiger partial charge >= 0.3 is 7.12 Å². The average Bonchev–Trinajstić information content (AvgIpc) is 2.78. The highest BCUT2D eigenvalue weighted by atomic mass is 16.5. The van der Waals surface area contributed by atoms with E-state index in [2.05, 4.69) is 16.8 Å². The highest BCUT2D eigenvalue weighted by Crippen LogP contribution is 2.29. The van der Waals surface area contributed by atoms with E-state index in [0.717, 1.165) is 24.0 Å². The number of benzene rings is 2. The van der Waals surface area contributed by atoms with Crippen molar-refractivity contribution in [2.24, 2.45) is 5.73 Å². The molecule has 3 rings (SSSR count). The van der Waals surface area contributed by atoms with Gasteiger partial charge in [0.25, 0.3) is 12.4 Å². The summed E-state index contributed by atoms with van der Waals surface area (Å²) in [6.07, 6.45) is 3.46. The molecule has 1 heterocycles. The van der Waals surface area contributed by atoms with Crippen molar-refractivity contribution in [3.8, 4) is 0 Å². The Morgan fingerprint density at radius 1 is 1.21 bits per heavy atom. The zero-order valence-corrected chi connectivity index (χ0v) is 16.2. The molecule has 0 atom stereocenters. The Bertz CT molecular complexity index is 879. The van der Waals surface area contributed by atoms with Crippen LogP contribution >= 0.6 is 0 Å². The lowest BCUT2D eigenvalue weighted by Crippen LogP contribution is -2.37. The van der Waals surface area contributed by atoms with Crippen molar-refractivity contribution in [2.75, 3.05) is 13.1 Å². The molecule has 0 radical (unpaired) electrons. The van der Waals surface area contributed by atoms with Crippen LogP contribution in [0.3, 0.4) is 0 Å². The van der Waals surface area contributed by atoms with Gasteiger partial charge in [-0.1, -0.05) is 42.5 Å². The lowest BCUT2D eigenvalue weighted by atomic mass is 9.88. The maximum atomic E-state index is 12.9. The van der Waals surface area contributed by atoms with Crippen molar-refractivity contribution in [1.82, 2.24) is 4.90 Å². The summed E-state index contributed by atoms with van der Waals surface area (Å²) in [6.45, 7) is 2.14. The van der Waals surface area contributed by atoms with Gasteiger partial charge in [-0.2, -0.15) is 0 Å². The van der Waals surface area contributed by atoms with Gasteiger partial charge in [0.1, 0.15) is 0 Å². The van der Waals surface area contributed by atoms with Gasteiger partial charge in [0.2, 0.25) is 0 Å². The summed E-state index contributed by atoms with van der Waals surface area (Å²) in [5, 5.41) is 9.42. The molecular formula is C22H25BN2O4. The number of carbonyl (C=O) groups excluding carboxylic acids is 2. The minimum atomic E-state index is -1.30. The van der Waals surface area contributed by atoms with Gasteiger partial charge < -0.3 is 20.3 Å². The average molecular weight is 392 g/mol. The molecule has 150 valence electrons. The van der Waals surface area contributed by atoms with Crippen LogP contribution in [0.5, 0.6) is 0 Å². The van der Waals surface area contributed by atoms with Gasteiger partial charge in [0, 0.05) is 25.2 Å². The van der Waals surface area contributed by atoms with Crippen LogP contribution in [-0.2, 0) is 16.0 Å². The summed E-state index contributed by atoms with van der Waals surface area (Å²) < 4.78 is 4.40. The number of rotatable bonds is 7. The van der Waals surface area contributed by atoms with E-state index in [-0.39, 0.29) is 12.4 Å². The second-order valence-corrected chi connectivity index (χ2v) is 7.12. The lowest BCUT2D eigenvalue weighted by Gasteiger charge is -2.32. The van der Waals surface area contributed by atoms with Crippen LogP contribution in [0, 0.1) is 0 Å². The van der Waals surface area contributed by atoms with Gasteiger partial charge in [0.05, 0.1) is 0 Å². The van der Waals surface area contributed by atoms with Crippen molar-refractivity contribution < 1.29 is 19.3 Å². The van der Waals surface area contributed by atoms with Gasteiger partial charge in [-0.25, -0.2) is 0 Å². The first-order chi connectivity index (χ1) is 14.1. The fourth-order valence-corrected chi connectivity index (χ4v) is 3.64. The molecule has 1 saturated heterocycles. The molecule has 6 nitrogen and oxygen atoms in total. The highest BCUT2D eigenvalue weighted by molar-refractivity contribution is 6.51. The zero-order valence-electron chi connectivity index (χ0n) is 16.2. The Hall–Kier alpha value is -2.90. The Morgan fingerprint density at radius 3 is 2.69 bits per heavy atom. The third-order valence-electron chi connectivity index (χ3n) is 5.22. The molecule has 1 fully saturated rings. The largest absolute Gasteiger partial charge is 0.554 e. The Labute approximate surface area is 171 Å². The third kappa shape index (κ3) is 5.56. The fourth-order valence-electron chi connectivity index (χ4n) is 3.64. The number of nitrogens with two attached hydrogens (primary N) is 1. The van der Waals surface area contributed by atoms with Crippen LogP contribution in [-0.4, -0.2) is 42.5 Å². The monoisotopic (exact) mass is 392 g/mol. The topological polar surface area (TPSA) is 92.9 Å². The number of carbonyl (C=O) groups is 2. The summed E-state index contributed by atoms with van der Waals surface area (Å²) in [4.78, 5) is 25.0. The van der Waals surface area contributed by atoms with Crippen molar-refractivity contribution >= 4 is 25.6 Å². The molecule has 3 N–H and O–H groups in total. The summed E-state index contributed by atoms with van der Waals surface area (Å²) in [5.41, 5.74) is 9.52. The van der Waals surface area contributed by atoms with E-state index in [1.165, 1.54) is 11.5 Å². The van der Waals surface area contributed by atoms with E-state index in [4.69, 9.17) is 5.73 Å². The quantitative estimate of drug-likeness (QED) is 0.558. The number of hydrogen-bond acceptors (Lipinski definition) is 5. The second-order valence-electron chi connectivity index (χ2n) is 7.12. The fraction of sp³-hybridized carbons (Fsp3) is 0.273. The summed E-state index contributed by atoms with van der Waals surface area (Å²) in [6, 6.07) is 15.6. The standard InChI is InChI=1S/C22H25BN2O4/c24-15-18-4-2-5-20(14-18)19-8-11-25(12-9-19)22(27)21-6-1-3-17(13-21)7-10-23(28)29-16-26/h1-7,10,13-14,16,19,28H,8-9,11-12,15,24H2/b10-7+. The molecule has 2 aromatic rings. The SMILES string of the molecule is NCc1cccc(C2CCN(C(=O)c3cccc(/C=C/B(O)OC=O)c3)CC2)c1. The molecule has 1 aliphatic rings. The van der Waals surface area contributed by atoms with Crippen LogP contribution in [0.4, 0.5) is 0 Å². The number of likely N-dealkylation sites (tertiary alicyclic amines) is 1. The second kappa shape index (κ2) is 10.0. The molecule has 0 spiro atoms. The van der Waals surface area contributed by atoms with Crippen LogP contribution in [0.1, 0.15) is 45.8 Å². The van der Waals surface area contributed by atoms with E-state index in [0.29, 0.717) is 31.1 Å². The molecule has 0 aromatic heterocycles. The molecule has 1 amide bonds. The highest BCUT2D eigenvalue weighted by Gasteiger charge is 2.24. The Kier molecular flexibility index (Phi) is 7.22. The van der Waals surface area contributed by atoms with E-state index in [1.54, 1.807) is 24.3 Å². The van der Waals surface area contributed by atoms with Crippen LogP contribution in [0.15, 0.2) is 54.5 Å². The summed E-state index contributed by atoms with van der Waals surface area (Å²) in [5.74, 6) is 1.79. The van der Waals surface area contributed by atoms with E-state index >= 15 is 0 Å². The molecule has 7 heteroatoms. The minimum Gasteiger partial charge on any atom is -0.509 e. The Balaban J connectivity index is 1.62. The molecule has 0 unspecified atom stereocenters. The molecule has 2 aromatic carbocycles. The number of piperidine rings is 1. The van der Waals surface area contributed by atoms with E-state index in [1.807, 2.05) is 23.1 Å². The molecular weight excluding hydrogens is 367 g/mol. The minimum absolute atomic E-state index is 0.000834. The summed E-state index contributed by atoms with van der Waals surface area (Å²) in [7, 11) is -1.30. The van der Waals surface area contributed by atoms with Gasteiger partial charge in [-0.15, -0.1) is 0 Å². The van der Waals surface area contributed by atoms with Crippen molar-refractivity contribution in [1.29, 1.82) is 0 Å².